The van der Waals surface area contributed by atoms with Crippen LogP contribution in [0.25, 0.3) is 10.9 Å². The van der Waals surface area contributed by atoms with E-state index in [0.717, 1.165) is 35.1 Å². The van der Waals surface area contributed by atoms with Crippen LogP contribution in [0, 0.1) is 0 Å². The van der Waals surface area contributed by atoms with Crippen molar-refractivity contribution in [1.82, 2.24) is 4.98 Å². The third-order valence-electron chi connectivity index (χ3n) is 4.18. The molecule has 0 fully saturated rings. The van der Waals surface area contributed by atoms with Crippen LogP contribution in [-0.4, -0.2) is 24.1 Å². The number of carbonyl (C=O) groups excluding carboxylic acids is 1. The van der Waals surface area contributed by atoms with Crippen LogP contribution in [0.4, 0.5) is 0 Å². The summed E-state index contributed by atoms with van der Waals surface area (Å²) >= 11 is 0. The number of esters is 1. The Morgan fingerprint density at radius 2 is 1.93 bits per heavy atom. The Morgan fingerprint density at radius 3 is 2.63 bits per heavy atom. The summed E-state index contributed by atoms with van der Waals surface area (Å²) in [5.74, 6) is 0.520. The molecule has 3 rings (SSSR count). The highest BCUT2D eigenvalue weighted by Crippen LogP contribution is 2.24. The minimum absolute atomic E-state index is 0. The molecule has 6 heteroatoms. The Morgan fingerprint density at radius 1 is 1.15 bits per heavy atom. The number of halogens is 1. The molecular formula is C21H25ClN2O3. The molecule has 0 bridgehead atoms. The van der Waals surface area contributed by atoms with Crippen LogP contribution < -0.4 is 10.5 Å². The van der Waals surface area contributed by atoms with Gasteiger partial charge < -0.3 is 20.2 Å². The highest BCUT2D eigenvalue weighted by Gasteiger charge is 2.07. The highest BCUT2D eigenvalue weighted by molar-refractivity contribution is 5.89. The first-order chi connectivity index (χ1) is 12.7. The number of benzene rings is 2. The zero-order valence-electron chi connectivity index (χ0n) is 15.4. The summed E-state index contributed by atoms with van der Waals surface area (Å²) in [6.45, 7) is 3.46. The predicted molar refractivity (Wildman–Crippen MR) is 110 cm³/mol. The van der Waals surface area contributed by atoms with Gasteiger partial charge in [0.1, 0.15) is 12.4 Å². The Bertz CT molecular complexity index is 875. The van der Waals surface area contributed by atoms with Gasteiger partial charge in [-0.25, -0.2) is 4.79 Å². The Kier molecular flexibility index (Phi) is 7.70. The maximum absolute atomic E-state index is 11.8. The zero-order chi connectivity index (χ0) is 18.4. The predicted octanol–water partition coefficient (Wildman–Crippen LogP) is 4.24. The van der Waals surface area contributed by atoms with Gasteiger partial charge in [0.2, 0.25) is 0 Å². The first-order valence-corrected chi connectivity index (χ1v) is 8.90. The molecule has 0 saturated heterocycles. The van der Waals surface area contributed by atoms with Crippen molar-refractivity contribution in [3.05, 3.63) is 65.4 Å². The second-order valence-electron chi connectivity index (χ2n) is 6.18. The molecular weight excluding hydrogens is 364 g/mol. The molecule has 5 nitrogen and oxygen atoms in total. The molecule has 0 aliphatic carbocycles. The number of fused-ring (bicyclic) bond motifs is 1. The second kappa shape index (κ2) is 10.00. The zero-order valence-corrected chi connectivity index (χ0v) is 16.2. The van der Waals surface area contributed by atoms with Gasteiger partial charge in [-0.15, -0.1) is 12.4 Å². The van der Waals surface area contributed by atoms with Gasteiger partial charge in [-0.05, 0) is 60.8 Å². The number of aromatic nitrogens is 1. The minimum atomic E-state index is -0.287. The molecule has 1 aromatic heterocycles. The average Bonchev–Trinajstić information content (AvgIpc) is 3.07. The fourth-order valence-electron chi connectivity index (χ4n) is 2.79. The average molecular weight is 389 g/mol. The lowest BCUT2D eigenvalue weighted by Crippen LogP contribution is -2.06. The smallest absolute Gasteiger partial charge is 0.338 e. The number of hydrogen-bond donors (Lipinski definition) is 2. The number of H-pyrrole nitrogens is 1. The fraction of sp³-hybridized carbons (Fsp3) is 0.286. The van der Waals surface area contributed by atoms with Gasteiger partial charge >= 0.3 is 5.97 Å². The molecule has 0 aliphatic rings. The van der Waals surface area contributed by atoms with Crippen LogP contribution >= 0.6 is 12.4 Å². The van der Waals surface area contributed by atoms with E-state index in [0.29, 0.717) is 25.3 Å². The fourth-order valence-corrected chi connectivity index (χ4v) is 2.79. The first-order valence-electron chi connectivity index (χ1n) is 8.90. The number of nitrogens with two attached hydrogens (primary N) is 1. The largest absolute Gasteiger partial charge is 0.489 e. The van der Waals surface area contributed by atoms with Crippen molar-refractivity contribution in [1.29, 1.82) is 0 Å². The van der Waals surface area contributed by atoms with E-state index in [1.807, 2.05) is 43.5 Å². The van der Waals surface area contributed by atoms with Crippen molar-refractivity contribution in [2.24, 2.45) is 5.73 Å². The molecule has 2 aromatic carbocycles. The summed E-state index contributed by atoms with van der Waals surface area (Å²) in [6, 6.07) is 13.3. The molecule has 3 N–H and O–H groups in total. The van der Waals surface area contributed by atoms with Gasteiger partial charge in [0.05, 0.1) is 12.2 Å². The normalized spacial score (nSPS) is 10.4. The standard InChI is InChI=1S/C21H24N2O3.ClH/c1-2-11-25-21(24)16-5-3-15(4-6-16)14-26-18-7-8-20-19(12-18)17(9-10-22)13-23-20;/h3-8,12-13,23H,2,9-11,14,22H2,1H3;1H. The van der Waals surface area contributed by atoms with Crippen molar-refractivity contribution >= 4 is 29.3 Å². The van der Waals surface area contributed by atoms with Gasteiger partial charge in [0.15, 0.2) is 0 Å². The van der Waals surface area contributed by atoms with Gasteiger partial charge in [-0.3, -0.25) is 0 Å². The topological polar surface area (TPSA) is 77.3 Å². The van der Waals surface area contributed by atoms with E-state index < -0.39 is 0 Å². The van der Waals surface area contributed by atoms with Crippen molar-refractivity contribution in [3.8, 4) is 5.75 Å². The molecule has 0 aliphatic heterocycles. The second-order valence-corrected chi connectivity index (χ2v) is 6.18. The lowest BCUT2D eigenvalue weighted by molar-refractivity contribution is 0.0505. The first kappa shape index (κ1) is 20.8. The third kappa shape index (κ3) is 5.25. The van der Waals surface area contributed by atoms with Crippen molar-refractivity contribution in [2.75, 3.05) is 13.2 Å². The number of aromatic amines is 1. The van der Waals surface area contributed by atoms with Gasteiger partial charge in [-0.2, -0.15) is 0 Å². The molecule has 1 heterocycles. The lowest BCUT2D eigenvalue weighted by Gasteiger charge is -2.08. The van der Waals surface area contributed by atoms with E-state index in [1.165, 1.54) is 5.56 Å². The van der Waals surface area contributed by atoms with E-state index >= 15 is 0 Å². The number of carbonyl (C=O) groups is 1. The monoisotopic (exact) mass is 388 g/mol. The van der Waals surface area contributed by atoms with Crippen molar-refractivity contribution in [2.45, 2.75) is 26.4 Å². The summed E-state index contributed by atoms with van der Waals surface area (Å²) in [7, 11) is 0. The molecule has 0 amide bonds. The van der Waals surface area contributed by atoms with Crippen molar-refractivity contribution in [3.63, 3.8) is 0 Å². The number of nitrogens with one attached hydrogen (secondary N) is 1. The van der Waals surface area contributed by atoms with Crippen LogP contribution in [0.15, 0.2) is 48.7 Å². The highest BCUT2D eigenvalue weighted by atomic mass is 35.5. The summed E-state index contributed by atoms with van der Waals surface area (Å²) < 4.78 is 11.0. The molecule has 0 spiro atoms. The molecule has 0 atom stereocenters. The summed E-state index contributed by atoms with van der Waals surface area (Å²) in [6.07, 6.45) is 3.65. The molecule has 0 radical (unpaired) electrons. The lowest BCUT2D eigenvalue weighted by atomic mass is 10.1. The van der Waals surface area contributed by atoms with Crippen LogP contribution in [0.2, 0.25) is 0 Å². The Hall–Kier alpha value is -2.50. The van der Waals surface area contributed by atoms with E-state index in [2.05, 4.69) is 4.98 Å². The molecule has 0 saturated carbocycles. The summed E-state index contributed by atoms with van der Waals surface area (Å²) in [4.78, 5) is 15.1. The van der Waals surface area contributed by atoms with Gasteiger partial charge in [0.25, 0.3) is 0 Å². The minimum Gasteiger partial charge on any atom is -0.489 e. The van der Waals surface area contributed by atoms with Gasteiger partial charge in [-0.1, -0.05) is 19.1 Å². The molecule has 3 aromatic rings. The van der Waals surface area contributed by atoms with Crippen LogP contribution in [0.1, 0.15) is 34.8 Å². The van der Waals surface area contributed by atoms with Crippen LogP contribution in [-0.2, 0) is 17.8 Å². The Balaban J connectivity index is 0.00000261. The quantitative estimate of drug-likeness (QED) is 0.566. The maximum Gasteiger partial charge on any atom is 0.338 e. The number of ether oxygens (including phenoxy) is 2. The van der Waals surface area contributed by atoms with E-state index in [-0.39, 0.29) is 18.4 Å². The number of rotatable bonds is 8. The maximum atomic E-state index is 11.8. The van der Waals surface area contributed by atoms with Crippen molar-refractivity contribution < 1.29 is 14.3 Å². The Labute approximate surface area is 165 Å². The molecule has 0 unspecified atom stereocenters. The molecule has 27 heavy (non-hydrogen) atoms. The van der Waals surface area contributed by atoms with E-state index in [4.69, 9.17) is 15.2 Å². The summed E-state index contributed by atoms with van der Waals surface area (Å²) in [5.41, 5.74) is 9.49. The third-order valence-corrected chi connectivity index (χ3v) is 4.18. The van der Waals surface area contributed by atoms with Crippen LogP contribution in [0.3, 0.4) is 0 Å². The number of hydrogen-bond acceptors (Lipinski definition) is 4. The SMILES string of the molecule is CCCOC(=O)c1ccc(COc2ccc3[nH]cc(CCN)c3c2)cc1.Cl. The summed E-state index contributed by atoms with van der Waals surface area (Å²) in [5, 5.41) is 1.14. The molecule has 144 valence electrons. The van der Waals surface area contributed by atoms with Gasteiger partial charge in [0, 0.05) is 17.1 Å². The van der Waals surface area contributed by atoms with E-state index in [9.17, 15) is 4.79 Å². The van der Waals surface area contributed by atoms with E-state index in [1.54, 1.807) is 12.1 Å². The van der Waals surface area contributed by atoms with Crippen LogP contribution in [0.5, 0.6) is 5.75 Å².